The number of pyridine rings is 1. The lowest BCUT2D eigenvalue weighted by atomic mass is 10.5. The maximum Gasteiger partial charge on any atom is 0.138 e. The number of aromatic nitrogens is 1. The minimum Gasteiger partial charge on any atom is -0.492 e. The Morgan fingerprint density at radius 1 is 1.46 bits per heavy atom. The molecule has 0 aliphatic carbocycles. The van der Waals surface area contributed by atoms with Crippen LogP contribution in [0.25, 0.3) is 0 Å². The summed E-state index contributed by atoms with van der Waals surface area (Å²) in [6.45, 7) is 4.55. The summed E-state index contributed by atoms with van der Waals surface area (Å²) in [7, 11) is 0. The number of aliphatic hydroxyl groups is 1. The van der Waals surface area contributed by atoms with E-state index in [0.29, 0.717) is 6.61 Å². The van der Waals surface area contributed by atoms with Crippen molar-refractivity contribution in [2.75, 3.05) is 13.2 Å². The highest BCUT2D eigenvalue weighted by Crippen LogP contribution is 2.15. The van der Waals surface area contributed by atoms with E-state index in [1.165, 1.54) is 0 Å². The minimum absolute atomic E-state index is 0.250. The molecule has 1 rings (SSSR count). The molecule has 1 aromatic heterocycles. The fourth-order valence-corrected chi connectivity index (χ4v) is 0.982. The molecule has 0 amide bonds. The molecule has 0 radical (unpaired) electrons. The summed E-state index contributed by atoms with van der Waals surface area (Å²) in [5.74, 6) is 0.803. The van der Waals surface area contributed by atoms with Crippen LogP contribution in [0.3, 0.4) is 0 Å². The zero-order valence-electron chi connectivity index (χ0n) is 7.83. The largest absolute Gasteiger partial charge is 0.492 e. The first-order chi connectivity index (χ1) is 6.24. The van der Waals surface area contributed by atoms with E-state index in [9.17, 15) is 0 Å². The van der Waals surface area contributed by atoms with Gasteiger partial charge in [0.1, 0.15) is 5.75 Å². The van der Waals surface area contributed by atoms with Gasteiger partial charge in [-0.25, -0.2) is 0 Å². The molecule has 1 heterocycles. The van der Waals surface area contributed by atoms with E-state index >= 15 is 0 Å². The smallest absolute Gasteiger partial charge is 0.138 e. The van der Waals surface area contributed by atoms with Crippen molar-refractivity contribution >= 4 is 15.9 Å². The van der Waals surface area contributed by atoms with Gasteiger partial charge in [-0.3, -0.25) is 4.98 Å². The molecule has 0 spiro atoms. The van der Waals surface area contributed by atoms with Gasteiger partial charge < -0.3 is 9.84 Å². The van der Waals surface area contributed by atoms with E-state index in [4.69, 9.17) is 9.84 Å². The van der Waals surface area contributed by atoms with Crippen LogP contribution in [0.4, 0.5) is 0 Å². The first kappa shape index (κ1) is 12.4. The monoisotopic (exact) mass is 247 g/mol. The highest BCUT2D eigenvalue weighted by atomic mass is 79.9. The fraction of sp³-hybridized carbons (Fsp3) is 0.444. The van der Waals surface area contributed by atoms with Crippen molar-refractivity contribution in [1.29, 1.82) is 0 Å². The molecule has 0 saturated heterocycles. The SMILES string of the molecule is CCO.CCOc1cncc(Br)c1. The predicted molar refractivity (Wildman–Crippen MR) is 55.9 cm³/mol. The Balaban J connectivity index is 0.000000424. The van der Waals surface area contributed by atoms with Crippen LogP contribution in [-0.4, -0.2) is 23.3 Å². The predicted octanol–water partition coefficient (Wildman–Crippen LogP) is 2.24. The molecule has 0 bridgehead atoms. The Labute approximate surface area is 86.9 Å². The third-order valence-corrected chi connectivity index (χ3v) is 1.42. The number of rotatable bonds is 2. The molecule has 0 atom stereocenters. The van der Waals surface area contributed by atoms with Crippen LogP contribution < -0.4 is 4.74 Å². The highest BCUT2D eigenvalue weighted by molar-refractivity contribution is 9.10. The molecule has 0 aliphatic rings. The summed E-state index contributed by atoms with van der Waals surface area (Å²) in [5.41, 5.74) is 0. The Bertz CT molecular complexity index is 231. The van der Waals surface area contributed by atoms with E-state index in [1.54, 1.807) is 19.3 Å². The van der Waals surface area contributed by atoms with Gasteiger partial charge in [0.25, 0.3) is 0 Å². The van der Waals surface area contributed by atoms with Crippen LogP contribution in [0.2, 0.25) is 0 Å². The number of hydrogen-bond donors (Lipinski definition) is 1. The Morgan fingerprint density at radius 3 is 2.54 bits per heavy atom. The third kappa shape index (κ3) is 6.54. The molecule has 1 N–H and O–H groups in total. The zero-order chi connectivity index (χ0) is 10.1. The molecule has 0 aliphatic heterocycles. The van der Waals surface area contributed by atoms with Gasteiger partial charge in [0.2, 0.25) is 0 Å². The third-order valence-electron chi connectivity index (χ3n) is 0.991. The Morgan fingerprint density at radius 2 is 2.08 bits per heavy atom. The molecule has 0 fully saturated rings. The lowest BCUT2D eigenvalue weighted by Crippen LogP contribution is -1.91. The van der Waals surface area contributed by atoms with Crippen molar-refractivity contribution < 1.29 is 9.84 Å². The number of ether oxygens (including phenoxy) is 1. The lowest BCUT2D eigenvalue weighted by molar-refractivity contribution is 0.318. The molecule has 74 valence electrons. The van der Waals surface area contributed by atoms with Crippen molar-refractivity contribution in [2.45, 2.75) is 13.8 Å². The van der Waals surface area contributed by atoms with E-state index in [0.717, 1.165) is 10.2 Å². The Kier molecular flexibility index (Phi) is 7.63. The maximum absolute atomic E-state index is 7.57. The maximum atomic E-state index is 7.57. The van der Waals surface area contributed by atoms with Crippen LogP contribution in [-0.2, 0) is 0 Å². The van der Waals surface area contributed by atoms with Gasteiger partial charge in [-0.1, -0.05) is 0 Å². The standard InChI is InChI=1S/C7H8BrNO.C2H6O/c1-2-10-7-3-6(8)4-9-5-7;1-2-3/h3-5H,2H2,1H3;3H,2H2,1H3. The van der Waals surface area contributed by atoms with Gasteiger partial charge >= 0.3 is 0 Å². The Hall–Kier alpha value is -0.610. The zero-order valence-corrected chi connectivity index (χ0v) is 9.41. The van der Waals surface area contributed by atoms with Crippen molar-refractivity contribution in [2.24, 2.45) is 0 Å². The second-order valence-corrected chi connectivity index (χ2v) is 3.00. The molecule has 0 saturated carbocycles. The van der Waals surface area contributed by atoms with Crippen LogP contribution >= 0.6 is 15.9 Å². The lowest BCUT2D eigenvalue weighted by Gasteiger charge is -2.00. The average molecular weight is 248 g/mol. The van der Waals surface area contributed by atoms with Crippen LogP contribution in [0.15, 0.2) is 22.9 Å². The van der Waals surface area contributed by atoms with E-state index in [-0.39, 0.29) is 6.61 Å². The van der Waals surface area contributed by atoms with Crippen molar-refractivity contribution in [3.05, 3.63) is 22.9 Å². The van der Waals surface area contributed by atoms with Gasteiger partial charge in [0.15, 0.2) is 0 Å². The van der Waals surface area contributed by atoms with Gasteiger partial charge in [0.05, 0.1) is 12.8 Å². The van der Waals surface area contributed by atoms with E-state index in [1.807, 2.05) is 13.0 Å². The number of aliphatic hydroxyl groups excluding tert-OH is 1. The summed E-state index contributed by atoms with van der Waals surface area (Å²) in [4.78, 5) is 3.93. The summed E-state index contributed by atoms with van der Waals surface area (Å²) >= 11 is 3.29. The fourth-order valence-electron chi connectivity index (χ4n) is 0.638. The first-order valence-electron chi connectivity index (χ1n) is 4.08. The number of nitrogens with zero attached hydrogens (tertiary/aromatic N) is 1. The summed E-state index contributed by atoms with van der Waals surface area (Å²) in [6, 6.07) is 1.89. The second-order valence-electron chi connectivity index (χ2n) is 2.09. The highest BCUT2D eigenvalue weighted by Gasteiger charge is 1.91. The van der Waals surface area contributed by atoms with Crippen molar-refractivity contribution in [1.82, 2.24) is 4.98 Å². The summed E-state index contributed by atoms with van der Waals surface area (Å²) < 4.78 is 6.14. The quantitative estimate of drug-likeness (QED) is 0.872. The van der Waals surface area contributed by atoms with Gasteiger partial charge in [-0.15, -0.1) is 0 Å². The van der Waals surface area contributed by atoms with Crippen LogP contribution in [0, 0.1) is 0 Å². The second kappa shape index (κ2) is 8.01. The topological polar surface area (TPSA) is 42.4 Å². The molecule has 0 aromatic carbocycles. The average Bonchev–Trinajstić information content (AvgIpc) is 2.06. The molecular weight excluding hydrogens is 234 g/mol. The minimum atomic E-state index is 0.250. The number of hydrogen-bond acceptors (Lipinski definition) is 3. The summed E-state index contributed by atoms with van der Waals surface area (Å²) in [5, 5.41) is 7.57. The van der Waals surface area contributed by atoms with Crippen molar-refractivity contribution in [3.8, 4) is 5.75 Å². The molecule has 1 aromatic rings. The van der Waals surface area contributed by atoms with Gasteiger partial charge in [-0.05, 0) is 35.8 Å². The molecule has 4 heteroatoms. The van der Waals surface area contributed by atoms with Gasteiger partial charge in [0, 0.05) is 17.3 Å². The van der Waals surface area contributed by atoms with Gasteiger partial charge in [-0.2, -0.15) is 0 Å². The van der Waals surface area contributed by atoms with Crippen molar-refractivity contribution in [3.63, 3.8) is 0 Å². The molecule has 13 heavy (non-hydrogen) atoms. The number of halogens is 1. The van der Waals surface area contributed by atoms with E-state index in [2.05, 4.69) is 20.9 Å². The molecule has 3 nitrogen and oxygen atoms in total. The van der Waals surface area contributed by atoms with E-state index < -0.39 is 0 Å². The summed E-state index contributed by atoms with van der Waals surface area (Å²) in [6.07, 6.45) is 3.41. The van der Waals surface area contributed by atoms with Crippen LogP contribution in [0.1, 0.15) is 13.8 Å². The van der Waals surface area contributed by atoms with Crippen LogP contribution in [0.5, 0.6) is 5.75 Å². The molecule has 0 unspecified atom stereocenters. The molecular formula is C9H14BrNO2. The normalized spacial score (nSPS) is 8.62. The first-order valence-corrected chi connectivity index (χ1v) is 4.88.